The second kappa shape index (κ2) is 5.23. The predicted molar refractivity (Wildman–Crippen MR) is 75.0 cm³/mol. The molecule has 0 saturated heterocycles. The van der Waals surface area contributed by atoms with Crippen molar-refractivity contribution in [1.29, 1.82) is 0 Å². The van der Waals surface area contributed by atoms with E-state index in [0.717, 1.165) is 22.6 Å². The van der Waals surface area contributed by atoms with E-state index in [1.807, 2.05) is 44.2 Å². The number of nitrogens with two attached hydrogens (primary N) is 1. The van der Waals surface area contributed by atoms with Crippen LogP contribution in [-0.4, -0.2) is 0 Å². The lowest BCUT2D eigenvalue weighted by Crippen LogP contribution is -2.06. The van der Waals surface area contributed by atoms with Crippen molar-refractivity contribution in [2.75, 3.05) is 0 Å². The highest BCUT2D eigenvalue weighted by Crippen LogP contribution is 2.30. The van der Waals surface area contributed by atoms with Gasteiger partial charge in [0.2, 0.25) is 0 Å². The van der Waals surface area contributed by atoms with Crippen molar-refractivity contribution < 1.29 is 4.74 Å². The molecule has 18 heavy (non-hydrogen) atoms. The van der Waals surface area contributed by atoms with Crippen molar-refractivity contribution in [3.8, 4) is 11.5 Å². The summed E-state index contributed by atoms with van der Waals surface area (Å²) in [4.78, 5) is 0. The van der Waals surface area contributed by atoms with Crippen LogP contribution in [0.5, 0.6) is 11.5 Å². The maximum absolute atomic E-state index is 6.00. The number of hydrogen-bond donors (Lipinski definition) is 1. The fraction of sp³-hybridized carbons (Fsp3) is 0.250. The lowest BCUT2D eigenvalue weighted by atomic mass is 10.1. The van der Waals surface area contributed by atoms with E-state index in [0.29, 0.717) is 0 Å². The van der Waals surface area contributed by atoms with Gasteiger partial charge in [-0.25, -0.2) is 0 Å². The number of ether oxygens (including phenoxy) is 1. The van der Waals surface area contributed by atoms with Crippen LogP contribution < -0.4 is 10.5 Å². The zero-order chi connectivity index (χ0) is 13.1. The minimum Gasteiger partial charge on any atom is -0.457 e. The van der Waals surface area contributed by atoms with Gasteiger partial charge in [-0.1, -0.05) is 30.3 Å². The fourth-order valence-corrected chi connectivity index (χ4v) is 1.89. The molecule has 0 amide bonds. The Balaban J connectivity index is 2.37. The molecule has 94 valence electrons. The third-order valence-corrected chi connectivity index (χ3v) is 2.97. The van der Waals surface area contributed by atoms with E-state index in [1.165, 1.54) is 5.56 Å². The zero-order valence-electron chi connectivity index (χ0n) is 11.1. The largest absolute Gasteiger partial charge is 0.457 e. The Kier molecular flexibility index (Phi) is 3.68. The van der Waals surface area contributed by atoms with Gasteiger partial charge in [-0.05, 0) is 44.0 Å². The molecular weight excluding hydrogens is 222 g/mol. The number of para-hydroxylation sites is 1. The Bertz CT molecular complexity index is 547. The van der Waals surface area contributed by atoms with Crippen LogP contribution in [0.15, 0.2) is 42.5 Å². The van der Waals surface area contributed by atoms with E-state index in [9.17, 15) is 0 Å². The first-order chi connectivity index (χ1) is 8.58. The third-order valence-electron chi connectivity index (χ3n) is 2.97. The van der Waals surface area contributed by atoms with Crippen molar-refractivity contribution in [3.63, 3.8) is 0 Å². The fourth-order valence-electron chi connectivity index (χ4n) is 1.89. The maximum atomic E-state index is 6.00. The van der Waals surface area contributed by atoms with Gasteiger partial charge in [0.05, 0.1) is 0 Å². The quantitative estimate of drug-likeness (QED) is 0.877. The zero-order valence-corrected chi connectivity index (χ0v) is 11.1. The topological polar surface area (TPSA) is 35.2 Å². The van der Waals surface area contributed by atoms with Crippen molar-refractivity contribution in [2.24, 2.45) is 5.73 Å². The smallest absolute Gasteiger partial charge is 0.132 e. The van der Waals surface area contributed by atoms with E-state index in [1.54, 1.807) is 0 Å². The summed E-state index contributed by atoms with van der Waals surface area (Å²) in [7, 11) is 0. The number of aryl methyl sites for hydroxylation is 2. The van der Waals surface area contributed by atoms with E-state index >= 15 is 0 Å². The molecule has 2 N–H and O–H groups in total. The van der Waals surface area contributed by atoms with E-state index < -0.39 is 0 Å². The summed E-state index contributed by atoms with van der Waals surface area (Å²) >= 11 is 0. The van der Waals surface area contributed by atoms with Crippen LogP contribution in [0.25, 0.3) is 0 Å². The SMILES string of the molecule is Cc1ccc(C)c(Oc2ccccc2[C@H](C)N)c1. The maximum Gasteiger partial charge on any atom is 0.132 e. The van der Waals surface area contributed by atoms with E-state index in [4.69, 9.17) is 10.5 Å². The Morgan fingerprint density at radius 2 is 1.72 bits per heavy atom. The summed E-state index contributed by atoms with van der Waals surface area (Å²) in [5.41, 5.74) is 9.30. The number of hydrogen-bond acceptors (Lipinski definition) is 2. The monoisotopic (exact) mass is 241 g/mol. The molecule has 0 aliphatic rings. The molecule has 2 nitrogen and oxygen atoms in total. The Hall–Kier alpha value is -1.80. The third kappa shape index (κ3) is 2.71. The molecule has 2 rings (SSSR count). The van der Waals surface area contributed by atoms with Gasteiger partial charge in [0.1, 0.15) is 11.5 Å². The minimum atomic E-state index is -0.0358. The molecule has 1 atom stereocenters. The Morgan fingerprint density at radius 1 is 1.00 bits per heavy atom. The normalized spacial score (nSPS) is 12.2. The molecule has 2 heteroatoms. The van der Waals surface area contributed by atoms with Gasteiger partial charge in [0, 0.05) is 11.6 Å². The van der Waals surface area contributed by atoms with Crippen LogP contribution in [0.3, 0.4) is 0 Å². The van der Waals surface area contributed by atoms with Gasteiger partial charge in [0.25, 0.3) is 0 Å². The van der Waals surface area contributed by atoms with Crippen molar-refractivity contribution >= 4 is 0 Å². The molecule has 0 saturated carbocycles. The molecule has 0 fully saturated rings. The molecule has 0 unspecified atom stereocenters. The molecule has 0 bridgehead atoms. The van der Waals surface area contributed by atoms with Gasteiger partial charge >= 0.3 is 0 Å². The van der Waals surface area contributed by atoms with E-state index in [-0.39, 0.29) is 6.04 Å². The first kappa shape index (κ1) is 12.7. The summed E-state index contributed by atoms with van der Waals surface area (Å²) in [6, 6.07) is 14.1. The summed E-state index contributed by atoms with van der Waals surface area (Å²) < 4.78 is 6.00. The molecule has 0 aliphatic heterocycles. The van der Waals surface area contributed by atoms with Crippen LogP contribution >= 0.6 is 0 Å². The van der Waals surface area contributed by atoms with Crippen molar-refractivity contribution in [1.82, 2.24) is 0 Å². The standard InChI is InChI=1S/C16H19NO/c1-11-8-9-12(2)16(10-11)18-15-7-5-4-6-14(15)13(3)17/h4-10,13H,17H2,1-3H3/t13-/m0/s1. The summed E-state index contributed by atoms with van der Waals surface area (Å²) in [5, 5.41) is 0. The first-order valence-electron chi connectivity index (χ1n) is 6.17. The molecule has 0 radical (unpaired) electrons. The van der Waals surface area contributed by atoms with E-state index in [2.05, 4.69) is 19.1 Å². The summed E-state index contributed by atoms with van der Waals surface area (Å²) in [6.07, 6.45) is 0. The van der Waals surface area contributed by atoms with Crippen LogP contribution in [0.2, 0.25) is 0 Å². The molecule has 2 aromatic carbocycles. The first-order valence-corrected chi connectivity index (χ1v) is 6.17. The molecule has 0 spiro atoms. The average molecular weight is 241 g/mol. The van der Waals surface area contributed by atoms with Crippen LogP contribution in [0.1, 0.15) is 29.7 Å². The molecule has 0 aliphatic carbocycles. The van der Waals surface area contributed by atoms with Gasteiger partial charge in [-0.3, -0.25) is 0 Å². The van der Waals surface area contributed by atoms with Gasteiger partial charge in [-0.2, -0.15) is 0 Å². The average Bonchev–Trinajstić information content (AvgIpc) is 2.34. The van der Waals surface area contributed by atoms with Crippen molar-refractivity contribution in [3.05, 3.63) is 59.2 Å². The lowest BCUT2D eigenvalue weighted by molar-refractivity contribution is 0.468. The highest BCUT2D eigenvalue weighted by Gasteiger charge is 2.09. The highest BCUT2D eigenvalue weighted by atomic mass is 16.5. The molecule has 0 heterocycles. The van der Waals surface area contributed by atoms with Crippen LogP contribution in [0.4, 0.5) is 0 Å². The predicted octanol–water partition coefficient (Wildman–Crippen LogP) is 4.12. The highest BCUT2D eigenvalue weighted by molar-refractivity contribution is 5.43. The molecule has 2 aromatic rings. The summed E-state index contributed by atoms with van der Waals surface area (Å²) in [6.45, 7) is 6.07. The second-order valence-electron chi connectivity index (χ2n) is 4.70. The van der Waals surface area contributed by atoms with Gasteiger partial charge in [-0.15, -0.1) is 0 Å². The molecule has 0 aromatic heterocycles. The molecular formula is C16H19NO. The summed E-state index contributed by atoms with van der Waals surface area (Å²) in [5.74, 6) is 1.73. The second-order valence-corrected chi connectivity index (χ2v) is 4.70. The number of benzene rings is 2. The van der Waals surface area contributed by atoms with Crippen LogP contribution in [-0.2, 0) is 0 Å². The Morgan fingerprint density at radius 3 is 2.44 bits per heavy atom. The number of rotatable bonds is 3. The minimum absolute atomic E-state index is 0.0358. The van der Waals surface area contributed by atoms with Gasteiger partial charge in [0.15, 0.2) is 0 Å². The lowest BCUT2D eigenvalue weighted by Gasteiger charge is -2.15. The van der Waals surface area contributed by atoms with Crippen molar-refractivity contribution in [2.45, 2.75) is 26.8 Å². The van der Waals surface area contributed by atoms with Crippen LogP contribution in [0, 0.1) is 13.8 Å². The Labute approximate surface area is 108 Å². The van der Waals surface area contributed by atoms with Gasteiger partial charge < -0.3 is 10.5 Å².